The van der Waals surface area contributed by atoms with E-state index < -0.39 is 28.5 Å². The van der Waals surface area contributed by atoms with Crippen LogP contribution in [0.15, 0.2) is 158 Å². The number of benzene rings is 5. The molecule has 1 aliphatic heterocycles. The molecular formula is C54H61F3N6O3SSi2. The standard InChI is InChI=1S/C54H61F3N6O3SSi2/c1-52(2,3)68(44-19-11-7-12-20-44,45-21-13-8-14-22-45)65-35-31-63(32-36-66-69(53(4,5)6,46-23-15-9-16-24-46)47-25-17-10-18-26-47)51-59-40-48(67-51)41-37-42(39-43(38-41)62-29-33-64-34-30-62)60-50-58-28-27-49(61-50)54(55,56)57/h7-28,37-40H,29-36H2,1-6H3,(H,58,60,61). The van der Waals surface area contributed by atoms with E-state index in [4.69, 9.17) is 18.6 Å². The molecule has 0 atom stereocenters. The normalized spacial score (nSPS) is 13.9. The van der Waals surface area contributed by atoms with E-state index in [2.05, 4.69) is 194 Å². The highest BCUT2D eigenvalue weighted by molar-refractivity contribution is 7.18. The Morgan fingerprint density at radius 2 is 1.13 bits per heavy atom. The van der Waals surface area contributed by atoms with Gasteiger partial charge in [-0.25, -0.2) is 15.0 Å². The average Bonchev–Trinajstić information content (AvgIpc) is 3.85. The summed E-state index contributed by atoms with van der Waals surface area (Å²) in [4.78, 5) is 18.4. The van der Waals surface area contributed by atoms with Crippen LogP contribution in [0.25, 0.3) is 10.4 Å². The Labute approximate surface area is 410 Å². The molecule has 9 nitrogen and oxygen atoms in total. The zero-order valence-corrected chi connectivity index (χ0v) is 43.0. The summed E-state index contributed by atoms with van der Waals surface area (Å²) in [5.74, 6) is -0.146. The lowest BCUT2D eigenvalue weighted by Gasteiger charge is -2.44. The lowest BCUT2D eigenvalue weighted by atomic mass is 10.1. The van der Waals surface area contributed by atoms with Crippen LogP contribution in [0.4, 0.5) is 35.6 Å². The van der Waals surface area contributed by atoms with Gasteiger partial charge in [-0.3, -0.25) is 0 Å². The van der Waals surface area contributed by atoms with Gasteiger partial charge in [0.15, 0.2) is 5.13 Å². The van der Waals surface area contributed by atoms with Crippen LogP contribution in [-0.4, -0.2) is 84.2 Å². The van der Waals surface area contributed by atoms with Gasteiger partial charge in [0.2, 0.25) is 5.95 Å². The summed E-state index contributed by atoms with van der Waals surface area (Å²) in [6.07, 6.45) is -1.62. The summed E-state index contributed by atoms with van der Waals surface area (Å²) < 4.78 is 61.7. The van der Waals surface area contributed by atoms with Crippen molar-refractivity contribution < 1.29 is 26.8 Å². The molecule has 1 aliphatic rings. The molecule has 5 aromatic carbocycles. The molecule has 0 bridgehead atoms. The maximum absolute atomic E-state index is 13.7. The molecule has 0 amide bonds. The van der Waals surface area contributed by atoms with Crippen molar-refractivity contribution in [1.82, 2.24) is 15.0 Å². The number of hydrogen-bond donors (Lipinski definition) is 1. The van der Waals surface area contributed by atoms with E-state index in [0.717, 1.165) is 33.5 Å². The molecule has 7 aromatic rings. The summed E-state index contributed by atoms with van der Waals surface area (Å²) >= 11 is 1.56. The first-order chi connectivity index (χ1) is 33.1. The Bertz CT molecular complexity index is 2550. The van der Waals surface area contributed by atoms with Crippen molar-refractivity contribution in [1.29, 1.82) is 0 Å². The Morgan fingerprint density at radius 1 is 0.652 bits per heavy atom. The summed E-state index contributed by atoms with van der Waals surface area (Å²) in [7, 11) is -5.75. The third-order valence-electron chi connectivity index (χ3n) is 12.7. The van der Waals surface area contributed by atoms with Crippen LogP contribution in [0.2, 0.25) is 10.1 Å². The highest BCUT2D eigenvalue weighted by atomic mass is 32.1. The predicted octanol–water partition coefficient (Wildman–Crippen LogP) is 10.2. The van der Waals surface area contributed by atoms with E-state index >= 15 is 0 Å². The minimum absolute atomic E-state index is 0.146. The lowest BCUT2D eigenvalue weighted by Crippen LogP contribution is -2.67. The summed E-state index contributed by atoms with van der Waals surface area (Å²) in [6.45, 7) is 18.1. The number of rotatable bonds is 17. The van der Waals surface area contributed by atoms with E-state index in [1.165, 1.54) is 20.7 Å². The number of hydrogen-bond acceptors (Lipinski definition) is 10. The van der Waals surface area contributed by atoms with Gasteiger partial charge in [0.05, 0.1) is 31.3 Å². The summed E-state index contributed by atoms with van der Waals surface area (Å²) in [5.41, 5.74) is 1.28. The van der Waals surface area contributed by atoms with Crippen LogP contribution in [0.1, 0.15) is 47.2 Å². The average molecular weight is 987 g/mol. The fourth-order valence-corrected chi connectivity index (χ4v) is 19.6. The lowest BCUT2D eigenvalue weighted by molar-refractivity contribution is -0.141. The Kier molecular flexibility index (Phi) is 15.2. The highest BCUT2D eigenvalue weighted by Gasteiger charge is 2.51. The van der Waals surface area contributed by atoms with Gasteiger partial charge in [-0.15, -0.1) is 0 Å². The molecule has 1 N–H and O–H groups in total. The summed E-state index contributed by atoms with van der Waals surface area (Å²) in [5, 5.41) is 8.29. The van der Waals surface area contributed by atoms with Gasteiger partial charge in [-0.1, -0.05) is 174 Å². The third-order valence-corrected chi connectivity index (χ3v) is 23.9. The van der Waals surface area contributed by atoms with Gasteiger partial charge in [0.25, 0.3) is 16.6 Å². The third kappa shape index (κ3) is 11.0. The van der Waals surface area contributed by atoms with Crippen molar-refractivity contribution in [2.24, 2.45) is 0 Å². The zero-order valence-electron chi connectivity index (χ0n) is 40.2. The highest BCUT2D eigenvalue weighted by Crippen LogP contribution is 2.40. The van der Waals surface area contributed by atoms with Gasteiger partial charge in [-0.05, 0) is 60.7 Å². The molecule has 15 heteroatoms. The predicted molar refractivity (Wildman–Crippen MR) is 280 cm³/mol. The zero-order chi connectivity index (χ0) is 48.7. The fraction of sp³-hybridized carbons (Fsp3) is 0.315. The number of nitrogens with zero attached hydrogens (tertiary/aromatic N) is 5. The number of ether oxygens (including phenoxy) is 1. The first-order valence-corrected chi connectivity index (χ1v) is 28.1. The van der Waals surface area contributed by atoms with Crippen molar-refractivity contribution in [2.75, 3.05) is 67.7 Å². The second-order valence-electron chi connectivity index (χ2n) is 19.3. The van der Waals surface area contributed by atoms with Crippen molar-refractivity contribution in [2.45, 2.75) is 57.8 Å². The molecule has 0 spiro atoms. The Morgan fingerprint density at radius 3 is 1.58 bits per heavy atom. The Hall–Kier alpha value is -5.69. The molecule has 0 unspecified atom stereocenters. The molecule has 2 aromatic heterocycles. The van der Waals surface area contributed by atoms with Crippen LogP contribution in [0.5, 0.6) is 0 Å². The van der Waals surface area contributed by atoms with Crippen LogP contribution in [0, 0.1) is 0 Å². The quantitative estimate of drug-likeness (QED) is 0.0897. The van der Waals surface area contributed by atoms with Gasteiger partial charge in [0.1, 0.15) is 5.69 Å². The molecule has 69 heavy (non-hydrogen) atoms. The van der Waals surface area contributed by atoms with Crippen molar-refractivity contribution in [3.63, 3.8) is 0 Å². The minimum atomic E-state index is -4.61. The fourth-order valence-electron chi connectivity index (χ4n) is 9.52. The number of anilines is 4. The number of nitrogens with one attached hydrogen (secondary N) is 1. The first kappa shape index (κ1) is 49.7. The molecule has 0 saturated carbocycles. The van der Waals surface area contributed by atoms with E-state index in [1.807, 2.05) is 18.3 Å². The van der Waals surface area contributed by atoms with Crippen LogP contribution in [0.3, 0.4) is 0 Å². The minimum Gasteiger partial charge on any atom is -0.406 e. The second kappa shape index (κ2) is 21.1. The van der Waals surface area contributed by atoms with E-state index in [0.29, 0.717) is 58.3 Å². The smallest absolute Gasteiger partial charge is 0.406 e. The molecule has 1 fully saturated rings. The largest absolute Gasteiger partial charge is 0.433 e. The first-order valence-electron chi connectivity index (χ1n) is 23.4. The summed E-state index contributed by atoms with van der Waals surface area (Å²) in [6, 6.07) is 49.5. The topological polar surface area (TPSA) is 84.9 Å². The van der Waals surface area contributed by atoms with E-state index in [-0.39, 0.29) is 16.0 Å². The van der Waals surface area contributed by atoms with Gasteiger partial charge in [-0.2, -0.15) is 13.2 Å². The second-order valence-corrected chi connectivity index (χ2v) is 28.9. The molecule has 3 heterocycles. The van der Waals surface area contributed by atoms with E-state index in [9.17, 15) is 13.2 Å². The number of alkyl halides is 3. The van der Waals surface area contributed by atoms with Crippen molar-refractivity contribution in [3.05, 3.63) is 164 Å². The number of thiazole rings is 1. The molecule has 0 radical (unpaired) electrons. The van der Waals surface area contributed by atoms with Gasteiger partial charge >= 0.3 is 6.18 Å². The maximum atomic E-state index is 13.7. The van der Waals surface area contributed by atoms with Gasteiger partial charge in [0, 0.05) is 49.9 Å². The molecule has 360 valence electrons. The van der Waals surface area contributed by atoms with Crippen LogP contribution in [-0.2, 0) is 19.8 Å². The maximum Gasteiger partial charge on any atom is 0.433 e. The molecule has 0 aliphatic carbocycles. The monoisotopic (exact) mass is 986 g/mol. The van der Waals surface area contributed by atoms with Crippen molar-refractivity contribution in [3.8, 4) is 10.4 Å². The number of halogens is 3. The van der Waals surface area contributed by atoms with Crippen LogP contribution >= 0.6 is 11.3 Å². The van der Waals surface area contributed by atoms with Gasteiger partial charge < -0.3 is 28.7 Å². The Balaban J connectivity index is 1.16. The number of aromatic nitrogens is 3. The number of morpholine rings is 1. The molecular weight excluding hydrogens is 926 g/mol. The van der Waals surface area contributed by atoms with Crippen LogP contribution < -0.4 is 35.9 Å². The molecule has 1 saturated heterocycles. The SMILES string of the molecule is CC(C)(C)[Si](OCCN(CCO[Si](c1ccccc1)(c1ccccc1)C(C)(C)C)c1ncc(-c2cc(Nc3nccc(C(F)(F)F)n3)cc(N3CCOCC3)c2)s1)(c1ccccc1)c1ccccc1. The van der Waals surface area contributed by atoms with E-state index in [1.54, 1.807) is 11.3 Å². The van der Waals surface area contributed by atoms with Crippen molar-refractivity contribution >= 4 is 71.2 Å². The molecule has 8 rings (SSSR count).